The molecule has 0 amide bonds. The van der Waals surface area contributed by atoms with Gasteiger partial charge in [0.1, 0.15) is 0 Å². The van der Waals surface area contributed by atoms with E-state index in [1.54, 1.807) is 10.9 Å². The van der Waals surface area contributed by atoms with Crippen molar-refractivity contribution in [1.29, 1.82) is 0 Å². The van der Waals surface area contributed by atoms with Crippen LogP contribution in [0, 0.1) is 0 Å². The Hall–Kier alpha value is -1.08. The van der Waals surface area contributed by atoms with Crippen LogP contribution >= 0.6 is 0 Å². The number of aliphatic hydroxyl groups is 1. The molecule has 0 radical (unpaired) electrons. The van der Waals surface area contributed by atoms with Crippen molar-refractivity contribution in [3.05, 3.63) is 12.4 Å². The normalized spacial score (nSPS) is 11.6. The zero-order chi connectivity index (χ0) is 12.0. The zero-order valence-corrected chi connectivity index (χ0v) is 10.1. The van der Waals surface area contributed by atoms with Crippen molar-refractivity contribution in [2.75, 3.05) is 17.1 Å². The minimum atomic E-state index is -3.32. The third kappa shape index (κ3) is 4.19. The molecule has 1 heterocycles. The van der Waals surface area contributed by atoms with Gasteiger partial charge in [-0.2, -0.15) is 5.10 Å². The molecule has 16 heavy (non-hydrogen) atoms. The molecule has 1 aromatic heterocycles. The molecule has 1 rings (SSSR count). The Labute approximate surface area is 95.3 Å². The van der Waals surface area contributed by atoms with Crippen LogP contribution < -0.4 is 4.72 Å². The molecule has 1 aromatic rings. The first kappa shape index (κ1) is 13.0. The average molecular weight is 247 g/mol. The first-order valence-electron chi connectivity index (χ1n) is 5.21. The summed E-state index contributed by atoms with van der Waals surface area (Å²) in [7, 11) is -3.32. The van der Waals surface area contributed by atoms with Gasteiger partial charge in [-0.15, -0.1) is 0 Å². The van der Waals surface area contributed by atoms with Crippen LogP contribution in [0.4, 0.5) is 5.69 Å². The van der Waals surface area contributed by atoms with Crippen molar-refractivity contribution in [3.63, 3.8) is 0 Å². The number of hydrogen-bond acceptors (Lipinski definition) is 4. The fourth-order valence-electron chi connectivity index (χ4n) is 1.22. The van der Waals surface area contributed by atoms with Crippen LogP contribution in [0.15, 0.2) is 12.4 Å². The van der Waals surface area contributed by atoms with Crippen molar-refractivity contribution >= 4 is 15.7 Å². The molecule has 0 aromatic carbocycles. The summed E-state index contributed by atoms with van der Waals surface area (Å²) in [5.41, 5.74) is 0.478. The molecule has 0 aliphatic heterocycles. The lowest BCUT2D eigenvalue weighted by atomic mass is 10.4. The van der Waals surface area contributed by atoms with Crippen molar-refractivity contribution in [2.24, 2.45) is 0 Å². The van der Waals surface area contributed by atoms with Crippen molar-refractivity contribution < 1.29 is 13.5 Å². The van der Waals surface area contributed by atoms with Gasteiger partial charge in [0.05, 0.1) is 17.6 Å². The highest BCUT2D eigenvalue weighted by Crippen LogP contribution is 2.08. The van der Waals surface area contributed by atoms with Gasteiger partial charge in [0.25, 0.3) is 0 Å². The molecule has 0 bridgehead atoms. The maximum Gasteiger partial charge on any atom is 0.232 e. The van der Waals surface area contributed by atoms with Gasteiger partial charge in [0.15, 0.2) is 0 Å². The van der Waals surface area contributed by atoms with Crippen LogP contribution in [-0.2, 0) is 16.6 Å². The van der Waals surface area contributed by atoms with Gasteiger partial charge in [-0.05, 0) is 19.8 Å². The maximum atomic E-state index is 11.5. The Morgan fingerprint density at radius 1 is 1.50 bits per heavy atom. The molecule has 6 nitrogen and oxygen atoms in total. The van der Waals surface area contributed by atoms with Crippen LogP contribution in [0.25, 0.3) is 0 Å². The van der Waals surface area contributed by atoms with E-state index < -0.39 is 10.0 Å². The van der Waals surface area contributed by atoms with E-state index >= 15 is 0 Å². The SMILES string of the molecule is CCn1cc(NS(=O)(=O)CCCCO)cn1. The first-order chi connectivity index (χ1) is 7.57. The minimum absolute atomic E-state index is 0.0172. The van der Waals surface area contributed by atoms with Crippen LogP contribution in [0.5, 0.6) is 0 Å². The standard InChI is InChI=1S/C9H17N3O3S/c1-2-12-8-9(7-10-12)11-16(14,15)6-4-3-5-13/h7-8,11,13H,2-6H2,1H3. The third-order valence-electron chi connectivity index (χ3n) is 2.05. The molecular weight excluding hydrogens is 230 g/mol. The second-order valence-corrected chi connectivity index (χ2v) is 5.28. The van der Waals surface area contributed by atoms with E-state index in [1.807, 2.05) is 6.92 Å². The number of nitrogens with zero attached hydrogens (tertiary/aromatic N) is 2. The molecule has 0 aliphatic rings. The van der Waals surface area contributed by atoms with Crippen LogP contribution in [0.3, 0.4) is 0 Å². The van der Waals surface area contributed by atoms with E-state index in [0.29, 0.717) is 25.1 Å². The largest absolute Gasteiger partial charge is 0.396 e. The summed E-state index contributed by atoms with van der Waals surface area (Å²) in [6, 6.07) is 0. The number of aryl methyl sites for hydroxylation is 1. The van der Waals surface area contributed by atoms with E-state index in [4.69, 9.17) is 5.11 Å². The average Bonchev–Trinajstić information content (AvgIpc) is 2.65. The number of aliphatic hydroxyl groups excluding tert-OH is 1. The number of rotatable bonds is 7. The van der Waals surface area contributed by atoms with Gasteiger partial charge in [0, 0.05) is 19.3 Å². The second-order valence-electron chi connectivity index (χ2n) is 3.44. The highest BCUT2D eigenvalue weighted by atomic mass is 32.2. The van der Waals surface area contributed by atoms with Gasteiger partial charge >= 0.3 is 0 Å². The quantitative estimate of drug-likeness (QED) is 0.684. The van der Waals surface area contributed by atoms with Gasteiger partial charge in [-0.1, -0.05) is 0 Å². The number of aromatic nitrogens is 2. The summed E-state index contributed by atoms with van der Waals surface area (Å²) in [5.74, 6) is 0.0187. The Morgan fingerprint density at radius 3 is 2.81 bits per heavy atom. The van der Waals surface area contributed by atoms with E-state index in [1.165, 1.54) is 6.20 Å². The van der Waals surface area contributed by atoms with E-state index in [0.717, 1.165) is 0 Å². The van der Waals surface area contributed by atoms with Crippen molar-refractivity contribution in [1.82, 2.24) is 9.78 Å². The number of sulfonamides is 1. The molecule has 0 atom stereocenters. The van der Waals surface area contributed by atoms with E-state index in [9.17, 15) is 8.42 Å². The molecule has 0 unspecified atom stereocenters. The number of unbranched alkanes of at least 4 members (excludes halogenated alkanes) is 1. The van der Waals surface area contributed by atoms with Crippen LogP contribution in [0.2, 0.25) is 0 Å². The summed E-state index contributed by atoms with van der Waals surface area (Å²) in [6.45, 7) is 2.64. The summed E-state index contributed by atoms with van der Waals surface area (Å²) in [5, 5.41) is 12.5. The number of nitrogens with one attached hydrogen (secondary N) is 1. The molecule has 0 spiro atoms. The number of anilines is 1. The van der Waals surface area contributed by atoms with Crippen LogP contribution in [0.1, 0.15) is 19.8 Å². The monoisotopic (exact) mass is 247 g/mol. The highest BCUT2D eigenvalue weighted by molar-refractivity contribution is 7.92. The Kier molecular flexibility index (Phi) is 4.75. The number of hydrogen-bond donors (Lipinski definition) is 2. The predicted molar refractivity (Wildman–Crippen MR) is 61.6 cm³/mol. The molecular formula is C9H17N3O3S. The van der Waals surface area contributed by atoms with Gasteiger partial charge in [-0.3, -0.25) is 9.40 Å². The van der Waals surface area contributed by atoms with Gasteiger partial charge < -0.3 is 5.11 Å². The lowest BCUT2D eigenvalue weighted by Crippen LogP contribution is -2.16. The first-order valence-corrected chi connectivity index (χ1v) is 6.86. The predicted octanol–water partition coefficient (Wildman–Crippen LogP) is 0.417. The summed E-state index contributed by atoms with van der Waals surface area (Å²) >= 11 is 0. The molecule has 0 saturated carbocycles. The molecule has 0 aliphatic carbocycles. The molecule has 0 saturated heterocycles. The summed E-state index contributed by atoms with van der Waals surface area (Å²) < 4.78 is 27.2. The zero-order valence-electron chi connectivity index (χ0n) is 9.26. The fourth-order valence-corrected chi connectivity index (χ4v) is 2.37. The summed E-state index contributed by atoms with van der Waals surface area (Å²) in [6.07, 6.45) is 4.07. The lowest BCUT2D eigenvalue weighted by molar-refractivity contribution is 0.287. The maximum absolute atomic E-state index is 11.5. The fraction of sp³-hybridized carbons (Fsp3) is 0.667. The van der Waals surface area contributed by atoms with Crippen molar-refractivity contribution in [2.45, 2.75) is 26.3 Å². The lowest BCUT2D eigenvalue weighted by Gasteiger charge is -2.04. The molecule has 7 heteroatoms. The Bertz CT molecular complexity index is 413. The molecule has 2 N–H and O–H groups in total. The van der Waals surface area contributed by atoms with Crippen molar-refractivity contribution in [3.8, 4) is 0 Å². The third-order valence-corrected chi connectivity index (χ3v) is 3.42. The van der Waals surface area contributed by atoms with E-state index in [2.05, 4.69) is 9.82 Å². The smallest absolute Gasteiger partial charge is 0.232 e. The molecule has 0 fully saturated rings. The summed E-state index contributed by atoms with van der Waals surface area (Å²) in [4.78, 5) is 0. The van der Waals surface area contributed by atoms with E-state index in [-0.39, 0.29) is 12.4 Å². The van der Waals surface area contributed by atoms with Gasteiger partial charge in [-0.25, -0.2) is 8.42 Å². The van der Waals surface area contributed by atoms with Gasteiger partial charge in [0.2, 0.25) is 10.0 Å². The molecule has 92 valence electrons. The highest BCUT2D eigenvalue weighted by Gasteiger charge is 2.10. The topological polar surface area (TPSA) is 84.2 Å². The Balaban J connectivity index is 2.51. The Morgan fingerprint density at radius 2 is 2.25 bits per heavy atom. The second kappa shape index (κ2) is 5.86. The minimum Gasteiger partial charge on any atom is -0.396 e. The van der Waals surface area contributed by atoms with Crippen LogP contribution in [-0.4, -0.2) is 35.7 Å².